The van der Waals surface area contributed by atoms with Crippen LogP contribution in [-0.4, -0.2) is 25.8 Å². The number of rotatable bonds is 3. The van der Waals surface area contributed by atoms with Gasteiger partial charge in [0.2, 0.25) is 0 Å². The zero-order valence-electron chi connectivity index (χ0n) is 14.3. The van der Waals surface area contributed by atoms with Gasteiger partial charge in [-0.25, -0.2) is 27.7 Å². The molecule has 0 amide bonds. The molecular formula is C19H14N4O2S2. The number of sulfonamides is 1. The minimum Gasteiger partial charge on any atom is -0.245 e. The molecule has 0 fully saturated rings. The van der Waals surface area contributed by atoms with Crippen LogP contribution >= 0.6 is 11.3 Å². The fourth-order valence-electron chi connectivity index (χ4n) is 3.19. The molecule has 0 bridgehead atoms. The van der Waals surface area contributed by atoms with Crippen LogP contribution in [0.25, 0.3) is 6.08 Å². The summed E-state index contributed by atoms with van der Waals surface area (Å²) in [5, 5.41) is 1.41. The van der Waals surface area contributed by atoms with E-state index in [-0.39, 0.29) is 11.4 Å². The van der Waals surface area contributed by atoms with Crippen molar-refractivity contribution in [3.63, 3.8) is 0 Å². The summed E-state index contributed by atoms with van der Waals surface area (Å²) in [6.45, 7) is 2.27. The van der Waals surface area contributed by atoms with Crippen LogP contribution in [0.5, 0.6) is 0 Å². The summed E-state index contributed by atoms with van der Waals surface area (Å²) in [5.41, 5.74) is 0.671. The first kappa shape index (κ1) is 16.3. The number of anilines is 1. The maximum atomic E-state index is 13.0. The van der Waals surface area contributed by atoms with Crippen molar-refractivity contribution < 1.29 is 8.42 Å². The Hall–Kier alpha value is -2.84. The van der Waals surface area contributed by atoms with Gasteiger partial charge in [0.05, 0.1) is 22.5 Å². The molecular weight excluding hydrogens is 380 g/mol. The van der Waals surface area contributed by atoms with Gasteiger partial charge in [-0.2, -0.15) is 0 Å². The molecule has 0 N–H and O–H groups in total. The first-order valence-corrected chi connectivity index (χ1v) is 10.6. The average molecular weight is 394 g/mol. The number of thiophene rings is 1. The smallest absolute Gasteiger partial charge is 0.245 e. The minimum absolute atomic E-state index is 0.235. The molecule has 0 radical (unpaired) electrons. The third-order valence-electron chi connectivity index (χ3n) is 4.48. The SMILES string of the molecule is Cc1ccc(C2=Nc3cnc4c(c3=N2)=CCN4S(=O)(=O)c2ccccc2)s1. The maximum absolute atomic E-state index is 13.0. The van der Waals surface area contributed by atoms with Gasteiger partial charge in [0, 0.05) is 10.1 Å². The predicted molar refractivity (Wildman–Crippen MR) is 106 cm³/mol. The zero-order chi connectivity index (χ0) is 18.6. The topological polar surface area (TPSA) is 75.0 Å². The van der Waals surface area contributed by atoms with Gasteiger partial charge in [-0.3, -0.25) is 0 Å². The molecule has 2 aromatic heterocycles. The number of pyridine rings is 1. The van der Waals surface area contributed by atoms with Crippen molar-refractivity contribution in [2.24, 2.45) is 9.98 Å². The van der Waals surface area contributed by atoms with Gasteiger partial charge in [0.15, 0.2) is 11.7 Å². The molecule has 2 aliphatic rings. The second kappa shape index (κ2) is 5.83. The van der Waals surface area contributed by atoms with Crippen LogP contribution in [0.3, 0.4) is 0 Å². The van der Waals surface area contributed by atoms with Crippen LogP contribution in [0.15, 0.2) is 63.5 Å². The van der Waals surface area contributed by atoms with Crippen molar-refractivity contribution >= 4 is 44.8 Å². The summed E-state index contributed by atoms with van der Waals surface area (Å²) in [6.07, 6.45) is 3.45. The Morgan fingerprint density at radius 1 is 1.07 bits per heavy atom. The van der Waals surface area contributed by atoms with E-state index in [1.54, 1.807) is 47.9 Å². The van der Waals surface area contributed by atoms with Gasteiger partial charge in [-0.1, -0.05) is 24.3 Å². The molecule has 134 valence electrons. The molecule has 5 rings (SSSR count). The van der Waals surface area contributed by atoms with E-state index in [1.807, 2.05) is 25.1 Å². The van der Waals surface area contributed by atoms with E-state index in [0.29, 0.717) is 22.7 Å². The Balaban J connectivity index is 1.60. The molecule has 0 unspecified atom stereocenters. The molecule has 27 heavy (non-hydrogen) atoms. The van der Waals surface area contributed by atoms with Crippen LogP contribution in [-0.2, 0) is 10.0 Å². The number of aryl methyl sites for hydroxylation is 1. The number of hydrogen-bond donors (Lipinski definition) is 0. The van der Waals surface area contributed by atoms with E-state index < -0.39 is 10.0 Å². The lowest BCUT2D eigenvalue weighted by atomic mass is 10.3. The van der Waals surface area contributed by atoms with Crippen LogP contribution in [0, 0.1) is 6.92 Å². The maximum Gasteiger partial charge on any atom is 0.265 e. The Bertz CT molecular complexity index is 1330. The van der Waals surface area contributed by atoms with E-state index in [4.69, 9.17) is 0 Å². The van der Waals surface area contributed by atoms with E-state index in [2.05, 4.69) is 15.0 Å². The van der Waals surface area contributed by atoms with Gasteiger partial charge in [-0.15, -0.1) is 11.3 Å². The Labute approximate surface area is 159 Å². The number of benzene rings is 1. The first-order valence-electron chi connectivity index (χ1n) is 8.35. The van der Waals surface area contributed by atoms with E-state index in [0.717, 1.165) is 10.1 Å². The highest BCUT2D eigenvalue weighted by Gasteiger charge is 2.30. The second-order valence-corrected chi connectivity index (χ2v) is 9.39. The molecule has 4 heterocycles. The number of aromatic nitrogens is 1. The van der Waals surface area contributed by atoms with Gasteiger partial charge in [0.1, 0.15) is 11.0 Å². The second-order valence-electron chi connectivity index (χ2n) is 6.24. The molecule has 0 aliphatic carbocycles. The number of fused-ring (bicyclic) bond motifs is 3. The lowest BCUT2D eigenvalue weighted by Crippen LogP contribution is -2.33. The van der Waals surface area contributed by atoms with Crippen molar-refractivity contribution in [2.45, 2.75) is 11.8 Å². The highest BCUT2D eigenvalue weighted by atomic mass is 32.2. The largest absolute Gasteiger partial charge is 0.265 e. The molecule has 0 spiro atoms. The summed E-state index contributed by atoms with van der Waals surface area (Å²) in [5.74, 6) is 1.05. The van der Waals surface area contributed by atoms with Crippen LogP contribution < -0.4 is 14.9 Å². The van der Waals surface area contributed by atoms with Crippen LogP contribution in [0.1, 0.15) is 9.75 Å². The van der Waals surface area contributed by atoms with Gasteiger partial charge in [0.25, 0.3) is 10.0 Å². The molecule has 2 aliphatic heterocycles. The molecule has 0 saturated heterocycles. The molecule has 0 saturated carbocycles. The predicted octanol–water partition coefficient (Wildman–Crippen LogP) is 2.15. The van der Waals surface area contributed by atoms with E-state index in [9.17, 15) is 8.42 Å². The Kier molecular flexibility index (Phi) is 3.53. The lowest BCUT2D eigenvalue weighted by Gasteiger charge is -2.18. The van der Waals surface area contributed by atoms with Crippen LogP contribution in [0.4, 0.5) is 11.5 Å². The highest BCUT2D eigenvalue weighted by molar-refractivity contribution is 7.92. The summed E-state index contributed by atoms with van der Waals surface area (Å²) >= 11 is 1.63. The van der Waals surface area contributed by atoms with Gasteiger partial charge >= 0.3 is 0 Å². The summed E-state index contributed by atoms with van der Waals surface area (Å²) in [4.78, 5) is 16.0. The lowest BCUT2D eigenvalue weighted by molar-refractivity contribution is 0.593. The first-order chi connectivity index (χ1) is 13.0. The van der Waals surface area contributed by atoms with Crippen molar-refractivity contribution in [3.8, 4) is 0 Å². The highest BCUT2D eigenvalue weighted by Crippen LogP contribution is 2.24. The number of amidine groups is 1. The van der Waals surface area contributed by atoms with Crippen LogP contribution in [0.2, 0.25) is 0 Å². The third kappa shape index (κ3) is 2.52. The molecule has 0 atom stereocenters. The molecule has 1 aromatic carbocycles. The molecule has 8 heteroatoms. The molecule has 3 aromatic rings. The van der Waals surface area contributed by atoms with Crippen molar-refractivity contribution in [3.05, 3.63) is 69.0 Å². The number of hydrogen-bond acceptors (Lipinski definition) is 6. The van der Waals surface area contributed by atoms with E-state index in [1.165, 1.54) is 9.18 Å². The monoisotopic (exact) mass is 394 g/mol. The van der Waals surface area contributed by atoms with Crippen molar-refractivity contribution in [1.82, 2.24) is 4.98 Å². The standard InChI is InChI=1S/C19H14N4O2S2/c1-12-7-8-16(26-12)18-21-15-11-20-19-14(17(15)22-18)9-10-23(19)27(24,25)13-5-3-2-4-6-13/h2-9,11H,10H2,1H3. The number of nitrogens with zero attached hydrogens (tertiary/aromatic N) is 4. The Morgan fingerprint density at radius 2 is 1.89 bits per heavy atom. The normalized spacial score (nSPS) is 15.0. The van der Waals surface area contributed by atoms with Gasteiger partial charge in [-0.05, 0) is 31.2 Å². The third-order valence-corrected chi connectivity index (χ3v) is 7.25. The summed E-state index contributed by atoms with van der Waals surface area (Å²) < 4.78 is 27.3. The number of aliphatic imine (C=N–C) groups is 1. The van der Waals surface area contributed by atoms with E-state index >= 15 is 0 Å². The minimum atomic E-state index is -3.67. The zero-order valence-corrected chi connectivity index (χ0v) is 16.0. The van der Waals surface area contributed by atoms with Crippen molar-refractivity contribution in [1.29, 1.82) is 0 Å². The fourth-order valence-corrected chi connectivity index (χ4v) is 5.39. The fraction of sp³-hybridized carbons (Fsp3) is 0.105. The summed E-state index contributed by atoms with van der Waals surface area (Å²) in [7, 11) is -3.67. The summed E-state index contributed by atoms with van der Waals surface area (Å²) in [6, 6.07) is 12.4. The quantitative estimate of drug-likeness (QED) is 0.683. The van der Waals surface area contributed by atoms with Gasteiger partial charge < -0.3 is 0 Å². The van der Waals surface area contributed by atoms with Crippen molar-refractivity contribution in [2.75, 3.05) is 10.8 Å². The average Bonchev–Trinajstić information content (AvgIpc) is 3.38. The molecule has 6 nitrogen and oxygen atoms in total. The Morgan fingerprint density at radius 3 is 2.63 bits per heavy atom.